The predicted molar refractivity (Wildman–Crippen MR) is 102 cm³/mol. The molecule has 0 aliphatic carbocycles. The standard InChI is InChI=1S/C22H22N2O2/c1-26-21-10-6-5-9-19(21)16-24-22(25)20(18-7-3-2-4-8-18)15-17-11-13-23-14-12-17/h2-14,20H,15-16H2,1H3,(H,24,25). The average Bonchev–Trinajstić information content (AvgIpc) is 2.72. The number of carbonyl (C=O) groups excluding carboxylic acids is 1. The van der Waals surface area contributed by atoms with Crippen LogP contribution in [-0.4, -0.2) is 18.0 Å². The number of rotatable bonds is 7. The summed E-state index contributed by atoms with van der Waals surface area (Å²) in [6.07, 6.45) is 4.14. The van der Waals surface area contributed by atoms with E-state index in [1.165, 1.54) is 0 Å². The molecular weight excluding hydrogens is 324 g/mol. The van der Waals surface area contributed by atoms with E-state index in [0.29, 0.717) is 13.0 Å². The SMILES string of the molecule is COc1ccccc1CNC(=O)C(Cc1ccncc1)c1ccccc1. The van der Waals surface area contributed by atoms with Crippen molar-refractivity contribution in [3.8, 4) is 5.75 Å². The zero-order valence-corrected chi connectivity index (χ0v) is 14.8. The maximum Gasteiger partial charge on any atom is 0.228 e. The summed E-state index contributed by atoms with van der Waals surface area (Å²) in [5, 5.41) is 3.06. The molecule has 1 N–H and O–H groups in total. The van der Waals surface area contributed by atoms with Crippen LogP contribution in [0.25, 0.3) is 0 Å². The van der Waals surface area contributed by atoms with Gasteiger partial charge in [-0.2, -0.15) is 0 Å². The Bertz CT molecular complexity index is 835. The number of hydrogen-bond acceptors (Lipinski definition) is 3. The van der Waals surface area contributed by atoms with E-state index in [0.717, 1.165) is 22.4 Å². The number of hydrogen-bond donors (Lipinski definition) is 1. The van der Waals surface area contributed by atoms with Gasteiger partial charge in [0, 0.05) is 24.5 Å². The topological polar surface area (TPSA) is 51.2 Å². The Morgan fingerprint density at radius 3 is 2.42 bits per heavy atom. The molecule has 1 heterocycles. The van der Waals surface area contributed by atoms with Gasteiger partial charge in [-0.3, -0.25) is 9.78 Å². The van der Waals surface area contributed by atoms with Crippen LogP contribution in [0.5, 0.6) is 5.75 Å². The van der Waals surface area contributed by atoms with Crippen molar-refractivity contribution in [3.63, 3.8) is 0 Å². The molecule has 0 fully saturated rings. The highest BCUT2D eigenvalue weighted by molar-refractivity contribution is 5.84. The van der Waals surface area contributed by atoms with Crippen LogP contribution in [0.2, 0.25) is 0 Å². The zero-order valence-electron chi connectivity index (χ0n) is 14.8. The molecular formula is C22H22N2O2. The Kier molecular flexibility index (Phi) is 5.99. The Balaban J connectivity index is 1.76. The van der Waals surface area contributed by atoms with Crippen molar-refractivity contribution < 1.29 is 9.53 Å². The first kappa shape index (κ1) is 17.7. The van der Waals surface area contributed by atoms with Gasteiger partial charge in [0.1, 0.15) is 5.75 Å². The largest absolute Gasteiger partial charge is 0.496 e. The van der Waals surface area contributed by atoms with Crippen LogP contribution in [0, 0.1) is 0 Å². The van der Waals surface area contributed by atoms with E-state index >= 15 is 0 Å². The van der Waals surface area contributed by atoms with Gasteiger partial charge in [-0.15, -0.1) is 0 Å². The van der Waals surface area contributed by atoms with E-state index in [-0.39, 0.29) is 11.8 Å². The molecule has 1 atom stereocenters. The molecule has 1 aromatic heterocycles. The van der Waals surface area contributed by atoms with Gasteiger partial charge in [-0.25, -0.2) is 0 Å². The minimum absolute atomic E-state index is 0.00100. The van der Waals surface area contributed by atoms with Crippen molar-refractivity contribution in [1.82, 2.24) is 10.3 Å². The Hall–Kier alpha value is -3.14. The van der Waals surface area contributed by atoms with Gasteiger partial charge in [0.25, 0.3) is 0 Å². The monoisotopic (exact) mass is 346 g/mol. The molecule has 0 aliphatic heterocycles. The van der Waals surface area contributed by atoms with E-state index < -0.39 is 0 Å². The summed E-state index contributed by atoms with van der Waals surface area (Å²) in [5.74, 6) is 0.519. The Morgan fingerprint density at radius 2 is 1.69 bits per heavy atom. The molecule has 0 saturated carbocycles. The molecule has 1 unspecified atom stereocenters. The highest BCUT2D eigenvalue weighted by Gasteiger charge is 2.21. The van der Waals surface area contributed by atoms with Crippen molar-refractivity contribution in [2.45, 2.75) is 18.9 Å². The predicted octanol–water partition coefficient (Wildman–Crippen LogP) is 3.73. The second-order valence-corrected chi connectivity index (χ2v) is 6.05. The fourth-order valence-electron chi connectivity index (χ4n) is 2.96. The summed E-state index contributed by atoms with van der Waals surface area (Å²) >= 11 is 0. The Labute approximate surface area is 153 Å². The van der Waals surface area contributed by atoms with Gasteiger partial charge < -0.3 is 10.1 Å². The molecule has 0 radical (unpaired) electrons. The van der Waals surface area contributed by atoms with Gasteiger partial charge in [0.2, 0.25) is 5.91 Å². The number of nitrogens with zero attached hydrogens (tertiary/aromatic N) is 1. The third kappa shape index (κ3) is 4.48. The molecule has 0 aliphatic rings. The second-order valence-electron chi connectivity index (χ2n) is 6.05. The van der Waals surface area contributed by atoms with Crippen LogP contribution >= 0.6 is 0 Å². The van der Waals surface area contributed by atoms with E-state index in [9.17, 15) is 4.79 Å². The molecule has 4 nitrogen and oxygen atoms in total. The van der Waals surface area contributed by atoms with Gasteiger partial charge in [0.15, 0.2) is 0 Å². The quantitative estimate of drug-likeness (QED) is 0.709. The van der Waals surface area contributed by atoms with E-state index in [1.54, 1.807) is 19.5 Å². The first-order chi connectivity index (χ1) is 12.8. The highest BCUT2D eigenvalue weighted by Crippen LogP contribution is 2.22. The molecule has 4 heteroatoms. The molecule has 3 rings (SSSR count). The van der Waals surface area contributed by atoms with Crippen LogP contribution < -0.4 is 10.1 Å². The number of aromatic nitrogens is 1. The van der Waals surface area contributed by atoms with Gasteiger partial charge in [-0.1, -0.05) is 48.5 Å². The van der Waals surface area contributed by atoms with Crippen LogP contribution in [0.1, 0.15) is 22.6 Å². The molecule has 26 heavy (non-hydrogen) atoms. The average molecular weight is 346 g/mol. The summed E-state index contributed by atoms with van der Waals surface area (Å²) in [4.78, 5) is 17.0. The third-order valence-electron chi connectivity index (χ3n) is 4.35. The lowest BCUT2D eigenvalue weighted by atomic mass is 9.91. The fourth-order valence-corrected chi connectivity index (χ4v) is 2.96. The zero-order chi connectivity index (χ0) is 18.2. The van der Waals surface area contributed by atoms with E-state index in [4.69, 9.17) is 4.74 Å². The summed E-state index contributed by atoms with van der Waals surface area (Å²) in [6, 6.07) is 21.5. The second kappa shape index (κ2) is 8.81. The van der Waals surface area contributed by atoms with Gasteiger partial charge >= 0.3 is 0 Å². The summed E-state index contributed by atoms with van der Waals surface area (Å²) in [5.41, 5.74) is 3.04. The van der Waals surface area contributed by atoms with Crippen molar-refractivity contribution in [2.24, 2.45) is 0 Å². The maximum atomic E-state index is 13.0. The van der Waals surface area contributed by atoms with E-state index in [2.05, 4.69) is 10.3 Å². The van der Waals surface area contributed by atoms with Crippen molar-refractivity contribution in [2.75, 3.05) is 7.11 Å². The molecule has 0 spiro atoms. The molecule has 3 aromatic rings. The number of pyridine rings is 1. The molecule has 0 saturated heterocycles. The summed E-state index contributed by atoms with van der Waals surface area (Å²) in [7, 11) is 1.64. The Morgan fingerprint density at radius 1 is 1.00 bits per heavy atom. The number of benzene rings is 2. The molecule has 132 valence electrons. The minimum Gasteiger partial charge on any atom is -0.496 e. The molecule has 0 bridgehead atoms. The normalized spacial score (nSPS) is 11.6. The number of ether oxygens (including phenoxy) is 1. The van der Waals surface area contributed by atoms with Crippen LogP contribution in [-0.2, 0) is 17.8 Å². The summed E-state index contributed by atoms with van der Waals surface area (Å²) < 4.78 is 5.36. The van der Waals surface area contributed by atoms with Crippen LogP contribution in [0.3, 0.4) is 0 Å². The van der Waals surface area contributed by atoms with Crippen molar-refractivity contribution >= 4 is 5.91 Å². The first-order valence-electron chi connectivity index (χ1n) is 8.61. The number of nitrogens with one attached hydrogen (secondary N) is 1. The number of carbonyl (C=O) groups is 1. The lowest BCUT2D eigenvalue weighted by molar-refractivity contribution is -0.122. The lowest BCUT2D eigenvalue weighted by Gasteiger charge is -2.18. The highest BCUT2D eigenvalue weighted by atomic mass is 16.5. The summed E-state index contributed by atoms with van der Waals surface area (Å²) in [6.45, 7) is 0.433. The number of para-hydroxylation sites is 1. The number of methoxy groups -OCH3 is 1. The van der Waals surface area contributed by atoms with Gasteiger partial charge in [-0.05, 0) is 35.7 Å². The van der Waals surface area contributed by atoms with Gasteiger partial charge in [0.05, 0.1) is 13.0 Å². The first-order valence-corrected chi connectivity index (χ1v) is 8.61. The third-order valence-corrected chi connectivity index (χ3v) is 4.35. The fraction of sp³-hybridized carbons (Fsp3) is 0.182. The lowest BCUT2D eigenvalue weighted by Crippen LogP contribution is -2.30. The molecule has 2 aromatic carbocycles. The van der Waals surface area contributed by atoms with Crippen LogP contribution in [0.4, 0.5) is 0 Å². The van der Waals surface area contributed by atoms with Crippen molar-refractivity contribution in [1.29, 1.82) is 0 Å². The van der Waals surface area contributed by atoms with Crippen molar-refractivity contribution in [3.05, 3.63) is 95.8 Å². The van der Waals surface area contributed by atoms with Crippen LogP contribution in [0.15, 0.2) is 79.1 Å². The number of amides is 1. The smallest absolute Gasteiger partial charge is 0.228 e. The molecule has 1 amide bonds. The maximum absolute atomic E-state index is 13.0. The van der Waals surface area contributed by atoms with E-state index in [1.807, 2.05) is 66.7 Å². The minimum atomic E-state index is -0.256.